The van der Waals surface area contributed by atoms with E-state index in [4.69, 9.17) is 11.6 Å². The molecule has 96 valence electrons. The second kappa shape index (κ2) is 5.16. The first-order valence-electron chi connectivity index (χ1n) is 5.97. The minimum absolute atomic E-state index is 0.274. The summed E-state index contributed by atoms with van der Waals surface area (Å²) >= 11 is 6.02. The number of hydrogen-bond donors (Lipinski definition) is 0. The molecular weight excluding hydrogens is 272 g/mol. The van der Waals surface area contributed by atoms with Crippen molar-refractivity contribution in [1.82, 2.24) is 15.0 Å². The number of benzene rings is 2. The highest BCUT2D eigenvalue weighted by Gasteiger charge is 2.16. The Morgan fingerprint density at radius 1 is 1.05 bits per heavy atom. The summed E-state index contributed by atoms with van der Waals surface area (Å²) in [4.78, 5) is 0. The smallest absolute Gasteiger partial charge is 0.191 e. The van der Waals surface area contributed by atoms with Gasteiger partial charge in [0.2, 0.25) is 0 Å². The van der Waals surface area contributed by atoms with Crippen LogP contribution in [0.1, 0.15) is 5.69 Å². The second-order valence-electron chi connectivity index (χ2n) is 4.16. The Morgan fingerprint density at radius 3 is 2.55 bits per heavy atom. The third kappa shape index (κ3) is 2.15. The number of nitriles is 1. The highest BCUT2D eigenvalue weighted by Crippen LogP contribution is 2.26. The van der Waals surface area contributed by atoms with E-state index in [0.717, 1.165) is 11.3 Å². The molecule has 1 aromatic heterocycles. The number of halogens is 1. The third-order valence-corrected chi connectivity index (χ3v) is 3.11. The van der Waals surface area contributed by atoms with Gasteiger partial charge >= 0.3 is 0 Å². The Bertz CT molecular complexity index is 787. The fourth-order valence-corrected chi connectivity index (χ4v) is 2.19. The minimum Gasteiger partial charge on any atom is -0.211 e. The molecule has 4 nitrogen and oxygen atoms in total. The third-order valence-electron chi connectivity index (χ3n) is 2.87. The van der Waals surface area contributed by atoms with Gasteiger partial charge in [0, 0.05) is 10.6 Å². The molecule has 0 unspecified atom stereocenters. The van der Waals surface area contributed by atoms with Gasteiger partial charge in [0.15, 0.2) is 5.69 Å². The van der Waals surface area contributed by atoms with Crippen LogP contribution in [0.2, 0.25) is 5.02 Å². The molecule has 0 saturated heterocycles. The predicted molar refractivity (Wildman–Crippen MR) is 76.5 cm³/mol. The lowest BCUT2D eigenvalue weighted by Crippen LogP contribution is -1.99. The molecule has 0 radical (unpaired) electrons. The van der Waals surface area contributed by atoms with Crippen LogP contribution in [0.25, 0.3) is 16.9 Å². The summed E-state index contributed by atoms with van der Waals surface area (Å²) in [5, 5.41) is 17.8. The summed E-state index contributed by atoms with van der Waals surface area (Å²) in [7, 11) is 0. The van der Waals surface area contributed by atoms with E-state index in [1.165, 1.54) is 0 Å². The molecule has 0 saturated carbocycles. The molecule has 1 heterocycles. The number of para-hydroxylation sites is 1. The van der Waals surface area contributed by atoms with Crippen LogP contribution in [-0.4, -0.2) is 15.0 Å². The molecule has 0 spiro atoms. The average molecular weight is 281 g/mol. The molecule has 0 fully saturated rings. The maximum Gasteiger partial charge on any atom is 0.191 e. The van der Waals surface area contributed by atoms with E-state index in [1.54, 1.807) is 16.8 Å². The fourth-order valence-electron chi connectivity index (χ4n) is 2.00. The van der Waals surface area contributed by atoms with E-state index in [9.17, 15) is 5.26 Å². The average Bonchev–Trinajstić information content (AvgIpc) is 2.92. The normalized spacial score (nSPS) is 10.2. The van der Waals surface area contributed by atoms with Crippen molar-refractivity contribution >= 4 is 11.6 Å². The highest BCUT2D eigenvalue weighted by molar-refractivity contribution is 6.30. The Hall–Kier alpha value is -2.64. The van der Waals surface area contributed by atoms with E-state index in [0.29, 0.717) is 10.7 Å². The first kappa shape index (κ1) is 12.4. The lowest BCUT2D eigenvalue weighted by atomic mass is 10.1. The van der Waals surface area contributed by atoms with Gasteiger partial charge < -0.3 is 0 Å². The summed E-state index contributed by atoms with van der Waals surface area (Å²) < 4.78 is 1.64. The van der Waals surface area contributed by atoms with E-state index in [-0.39, 0.29) is 5.69 Å². The van der Waals surface area contributed by atoms with Crippen molar-refractivity contribution in [3.8, 4) is 23.0 Å². The molecule has 0 atom stereocenters. The molecule has 0 N–H and O–H groups in total. The number of nitrogens with zero attached hydrogens (tertiary/aromatic N) is 4. The molecule has 2 aromatic carbocycles. The zero-order valence-electron chi connectivity index (χ0n) is 10.4. The predicted octanol–water partition coefficient (Wildman–Crippen LogP) is 3.46. The van der Waals surface area contributed by atoms with Crippen molar-refractivity contribution in [3.63, 3.8) is 0 Å². The van der Waals surface area contributed by atoms with Gasteiger partial charge in [0.25, 0.3) is 0 Å². The minimum atomic E-state index is 0.274. The Kier molecular flexibility index (Phi) is 3.20. The Labute approximate surface area is 120 Å². The molecule has 3 rings (SSSR count). The van der Waals surface area contributed by atoms with E-state index >= 15 is 0 Å². The van der Waals surface area contributed by atoms with Crippen LogP contribution in [0.15, 0.2) is 54.6 Å². The zero-order valence-corrected chi connectivity index (χ0v) is 11.1. The topological polar surface area (TPSA) is 54.5 Å². The van der Waals surface area contributed by atoms with Crippen molar-refractivity contribution in [2.75, 3.05) is 0 Å². The van der Waals surface area contributed by atoms with Gasteiger partial charge in [-0.1, -0.05) is 47.1 Å². The molecule has 3 aromatic rings. The molecular formula is C15H9ClN4. The summed E-state index contributed by atoms with van der Waals surface area (Å²) in [6.07, 6.45) is 0. The van der Waals surface area contributed by atoms with E-state index < -0.39 is 0 Å². The van der Waals surface area contributed by atoms with Crippen molar-refractivity contribution in [3.05, 3.63) is 65.3 Å². The molecule has 20 heavy (non-hydrogen) atoms. The molecule has 0 aliphatic carbocycles. The van der Waals surface area contributed by atoms with Gasteiger partial charge in [-0.2, -0.15) is 5.26 Å². The van der Waals surface area contributed by atoms with E-state index in [2.05, 4.69) is 16.4 Å². The first-order chi connectivity index (χ1) is 9.79. The fraction of sp³-hybridized carbons (Fsp3) is 0. The maximum absolute atomic E-state index is 9.21. The van der Waals surface area contributed by atoms with Crippen LogP contribution in [0, 0.1) is 11.3 Å². The molecule has 0 aliphatic heterocycles. The Morgan fingerprint density at radius 2 is 1.85 bits per heavy atom. The summed E-state index contributed by atoms with van der Waals surface area (Å²) in [5.74, 6) is 0. The molecule has 0 aliphatic rings. The van der Waals surface area contributed by atoms with Crippen LogP contribution in [-0.2, 0) is 0 Å². The quantitative estimate of drug-likeness (QED) is 0.722. The van der Waals surface area contributed by atoms with E-state index in [1.807, 2.05) is 42.5 Å². The first-order valence-corrected chi connectivity index (χ1v) is 6.34. The highest BCUT2D eigenvalue weighted by atomic mass is 35.5. The van der Waals surface area contributed by atoms with Crippen LogP contribution in [0.5, 0.6) is 0 Å². The molecule has 0 amide bonds. The molecule has 5 heteroatoms. The van der Waals surface area contributed by atoms with Crippen molar-refractivity contribution in [2.45, 2.75) is 0 Å². The van der Waals surface area contributed by atoms with Gasteiger partial charge in [-0.3, -0.25) is 0 Å². The SMILES string of the molecule is N#Cc1nnn(-c2ccccc2)c1-c1cccc(Cl)c1. The number of rotatable bonds is 2. The largest absolute Gasteiger partial charge is 0.211 e. The summed E-state index contributed by atoms with van der Waals surface area (Å²) in [5.41, 5.74) is 2.57. The maximum atomic E-state index is 9.21. The van der Waals surface area contributed by atoms with Gasteiger partial charge in [-0.15, -0.1) is 5.10 Å². The van der Waals surface area contributed by atoms with Crippen LogP contribution in [0.4, 0.5) is 0 Å². The van der Waals surface area contributed by atoms with Gasteiger partial charge in [0.05, 0.1) is 5.69 Å². The number of aromatic nitrogens is 3. The van der Waals surface area contributed by atoms with Crippen LogP contribution >= 0.6 is 11.6 Å². The lowest BCUT2D eigenvalue weighted by molar-refractivity contribution is 0.807. The standard InChI is InChI=1S/C15H9ClN4/c16-12-6-4-5-11(9-12)15-14(10-17)18-19-20(15)13-7-2-1-3-8-13/h1-9H. The van der Waals surface area contributed by atoms with Gasteiger partial charge in [-0.25, -0.2) is 4.68 Å². The second-order valence-corrected chi connectivity index (χ2v) is 4.59. The van der Waals surface area contributed by atoms with Crippen molar-refractivity contribution < 1.29 is 0 Å². The van der Waals surface area contributed by atoms with Crippen LogP contribution < -0.4 is 0 Å². The summed E-state index contributed by atoms with van der Waals surface area (Å²) in [6, 6.07) is 18.9. The van der Waals surface area contributed by atoms with Crippen LogP contribution in [0.3, 0.4) is 0 Å². The number of hydrogen-bond acceptors (Lipinski definition) is 3. The lowest BCUT2D eigenvalue weighted by Gasteiger charge is -2.06. The summed E-state index contributed by atoms with van der Waals surface area (Å²) in [6.45, 7) is 0. The van der Waals surface area contributed by atoms with Crippen molar-refractivity contribution in [2.24, 2.45) is 0 Å². The zero-order chi connectivity index (χ0) is 13.9. The van der Waals surface area contributed by atoms with Gasteiger partial charge in [0.1, 0.15) is 11.8 Å². The van der Waals surface area contributed by atoms with Crippen molar-refractivity contribution in [1.29, 1.82) is 5.26 Å². The Balaban J connectivity index is 2.24. The van der Waals surface area contributed by atoms with Gasteiger partial charge in [-0.05, 0) is 24.3 Å². The monoisotopic (exact) mass is 280 g/mol. The molecule has 0 bridgehead atoms.